The van der Waals surface area contributed by atoms with Crippen LogP contribution in [-0.2, 0) is 4.79 Å². The Morgan fingerprint density at radius 3 is 2.67 bits per heavy atom. The van der Waals surface area contributed by atoms with Crippen molar-refractivity contribution in [3.8, 4) is 0 Å². The number of halogens is 1. The maximum atomic E-state index is 14.5. The summed E-state index contributed by atoms with van der Waals surface area (Å²) < 4.78 is 14.5. The van der Waals surface area contributed by atoms with Gasteiger partial charge < -0.3 is 26.2 Å². The lowest BCUT2D eigenvalue weighted by Crippen LogP contribution is -2.44. The highest BCUT2D eigenvalue weighted by molar-refractivity contribution is 5.79. The summed E-state index contributed by atoms with van der Waals surface area (Å²) in [4.78, 5) is 25.2. The lowest BCUT2D eigenvalue weighted by atomic mass is 9.88. The van der Waals surface area contributed by atoms with Gasteiger partial charge in [-0.05, 0) is 56.0 Å². The lowest BCUT2D eigenvalue weighted by Gasteiger charge is -2.35. The number of carbonyl (C=O) groups excluding carboxylic acids is 1. The van der Waals surface area contributed by atoms with E-state index in [0.717, 1.165) is 50.0 Å². The number of fused-ring (bicyclic) bond motifs is 2. The molecule has 1 saturated heterocycles. The molecule has 1 aromatic carbocycles. The number of allylic oxidation sites excluding steroid dienone is 1. The van der Waals surface area contributed by atoms with Crippen LogP contribution in [0.5, 0.6) is 0 Å². The summed E-state index contributed by atoms with van der Waals surface area (Å²) in [6.45, 7) is 6.20. The van der Waals surface area contributed by atoms with Crippen LogP contribution in [0.1, 0.15) is 12.0 Å². The van der Waals surface area contributed by atoms with Gasteiger partial charge in [0.15, 0.2) is 11.6 Å². The Hall–Kier alpha value is -3.20. The van der Waals surface area contributed by atoms with Crippen molar-refractivity contribution in [2.75, 3.05) is 48.8 Å². The van der Waals surface area contributed by atoms with Gasteiger partial charge in [-0.25, -0.2) is 9.37 Å². The van der Waals surface area contributed by atoms with E-state index in [4.69, 9.17) is 5.73 Å². The van der Waals surface area contributed by atoms with Crippen molar-refractivity contribution in [1.82, 2.24) is 14.9 Å². The minimum atomic E-state index is -0.558. The van der Waals surface area contributed by atoms with Crippen LogP contribution in [0.4, 0.5) is 27.5 Å². The molecule has 33 heavy (non-hydrogen) atoms. The molecule has 1 aromatic heterocycles. The molecule has 2 heterocycles. The second-order valence-corrected chi connectivity index (χ2v) is 9.35. The van der Waals surface area contributed by atoms with Crippen molar-refractivity contribution in [2.24, 2.45) is 23.5 Å². The molecule has 0 radical (unpaired) electrons. The van der Waals surface area contributed by atoms with Crippen LogP contribution in [0.25, 0.3) is 0 Å². The Morgan fingerprint density at radius 1 is 1.18 bits per heavy atom. The molecule has 1 saturated carbocycles. The number of likely N-dealkylation sites (N-methyl/N-ethyl adjacent to an activating group) is 1. The zero-order valence-electron chi connectivity index (χ0n) is 19.0. The zero-order valence-corrected chi connectivity index (χ0v) is 19.0. The first-order chi connectivity index (χ1) is 15.9. The number of benzene rings is 1. The van der Waals surface area contributed by atoms with Crippen LogP contribution in [0.3, 0.4) is 0 Å². The fourth-order valence-corrected chi connectivity index (χ4v) is 5.36. The normalized spacial score (nSPS) is 26.6. The third kappa shape index (κ3) is 4.25. The molecule has 0 unspecified atom stereocenters. The fourth-order valence-electron chi connectivity index (χ4n) is 5.36. The molecule has 2 aliphatic carbocycles. The van der Waals surface area contributed by atoms with Crippen molar-refractivity contribution in [3.63, 3.8) is 0 Å². The Labute approximate surface area is 193 Å². The Balaban J connectivity index is 1.31. The van der Waals surface area contributed by atoms with E-state index in [2.05, 4.69) is 62.6 Å². The van der Waals surface area contributed by atoms with Crippen LogP contribution in [0, 0.1) is 30.5 Å². The number of rotatable bonds is 6. The first-order valence-corrected chi connectivity index (χ1v) is 11.5. The molecule has 2 bridgehead atoms. The second kappa shape index (κ2) is 8.62. The van der Waals surface area contributed by atoms with E-state index in [1.54, 1.807) is 0 Å². The Morgan fingerprint density at radius 2 is 1.94 bits per heavy atom. The highest BCUT2D eigenvalue weighted by Gasteiger charge is 2.47. The van der Waals surface area contributed by atoms with Gasteiger partial charge in [0.05, 0.1) is 12.1 Å². The summed E-state index contributed by atoms with van der Waals surface area (Å²) in [6.07, 6.45) is 6.11. The number of anilines is 4. The molecule has 174 valence electrons. The SMILES string of the molecule is Cc1cc(Nc2ncc(F)c(N[C@@H]3[C@H](C(N)=O)[C@@H]4C=C[C@H]3C4)n2)ccc1N1CCN(C)CC1. The Kier molecular flexibility index (Phi) is 5.65. The molecule has 9 heteroatoms. The summed E-state index contributed by atoms with van der Waals surface area (Å²) in [6, 6.07) is 5.88. The van der Waals surface area contributed by atoms with E-state index in [0.29, 0.717) is 5.95 Å². The van der Waals surface area contributed by atoms with Crippen LogP contribution in [0.2, 0.25) is 0 Å². The highest BCUT2D eigenvalue weighted by Crippen LogP contribution is 2.44. The summed E-state index contributed by atoms with van der Waals surface area (Å²) in [5.74, 6) is -0.673. The number of hydrogen-bond donors (Lipinski definition) is 3. The molecular formula is C24H30FN7O. The molecule has 1 amide bonds. The molecule has 4 atom stereocenters. The number of aromatic nitrogens is 2. The average molecular weight is 452 g/mol. The molecule has 5 rings (SSSR count). The zero-order chi connectivity index (χ0) is 23.1. The number of aryl methyl sites for hydroxylation is 1. The number of amides is 1. The van der Waals surface area contributed by atoms with Gasteiger partial charge in [-0.1, -0.05) is 12.2 Å². The topological polar surface area (TPSA) is 99.4 Å². The summed E-state index contributed by atoms with van der Waals surface area (Å²) in [5.41, 5.74) is 8.84. The number of primary amides is 1. The number of piperazine rings is 1. The maximum absolute atomic E-state index is 14.5. The van der Waals surface area contributed by atoms with Crippen LogP contribution >= 0.6 is 0 Å². The van der Waals surface area contributed by atoms with Crippen LogP contribution in [-0.4, -0.2) is 60.0 Å². The first-order valence-electron chi connectivity index (χ1n) is 11.5. The summed E-state index contributed by atoms with van der Waals surface area (Å²) >= 11 is 0. The van der Waals surface area contributed by atoms with Crippen LogP contribution < -0.4 is 21.3 Å². The predicted octanol–water partition coefficient (Wildman–Crippen LogP) is 2.51. The third-order valence-corrected chi connectivity index (χ3v) is 7.13. The van der Waals surface area contributed by atoms with E-state index < -0.39 is 5.82 Å². The van der Waals surface area contributed by atoms with Gasteiger partial charge in [-0.15, -0.1) is 0 Å². The van der Waals surface area contributed by atoms with Gasteiger partial charge in [0.1, 0.15) is 0 Å². The highest BCUT2D eigenvalue weighted by atomic mass is 19.1. The number of carbonyl (C=O) groups is 1. The fraction of sp³-hybridized carbons (Fsp3) is 0.458. The monoisotopic (exact) mass is 451 g/mol. The molecule has 2 aromatic rings. The molecule has 3 aliphatic rings. The van der Waals surface area contributed by atoms with E-state index in [1.165, 1.54) is 5.69 Å². The van der Waals surface area contributed by atoms with Crippen molar-refractivity contribution in [2.45, 2.75) is 19.4 Å². The molecule has 2 fully saturated rings. The minimum absolute atomic E-state index is 0.0791. The number of nitrogens with two attached hydrogens (primary N) is 1. The van der Waals surface area contributed by atoms with Crippen molar-refractivity contribution in [1.29, 1.82) is 0 Å². The quantitative estimate of drug-likeness (QED) is 0.581. The molecular weight excluding hydrogens is 421 g/mol. The maximum Gasteiger partial charge on any atom is 0.229 e. The lowest BCUT2D eigenvalue weighted by molar-refractivity contribution is -0.122. The number of hydrogen-bond acceptors (Lipinski definition) is 7. The van der Waals surface area contributed by atoms with Gasteiger partial charge in [-0.2, -0.15) is 4.98 Å². The molecule has 1 aliphatic heterocycles. The van der Waals surface area contributed by atoms with E-state index >= 15 is 0 Å². The second-order valence-electron chi connectivity index (χ2n) is 9.35. The van der Waals surface area contributed by atoms with Crippen molar-refractivity contribution < 1.29 is 9.18 Å². The van der Waals surface area contributed by atoms with E-state index in [9.17, 15) is 9.18 Å². The van der Waals surface area contributed by atoms with Gasteiger partial charge in [-0.3, -0.25) is 4.79 Å². The summed E-state index contributed by atoms with van der Waals surface area (Å²) in [7, 11) is 2.14. The molecule has 4 N–H and O–H groups in total. The standard InChI is InChI=1S/C24H30FN7O/c1-14-11-17(5-6-19(14)32-9-7-31(2)8-10-32)28-24-27-13-18(25)23(30-24)29-21-16-4-3-15(12-16)20(21)22(26)33/h3-6,11,13,15-16,20-21H,7-10,12H2,1-2H3,(H2,26,33)(H2,27,28,29,30)/t15-,16+,20-,21+/m1/s1. The van der Waals surface area contributed by atoms with E-state index in [1.807, 2.05) is 12.1 Å². The Bertz CT molecular complexity index is 1080. The smallest absolute Gasteiger partial charge is 0.229 e. The minimum Gasteiger partial charge on any atom is -0.369 e. The van der Waals surface area contributed by atoms with Gasteiger partial charge >= 0.3 is 0 Å². The van der Waals surface area contributed by atoms with Crippen LogP contribution in [0.15, 0.2) is 36.5 Å². The average Bonchev–Trinajstić information content (AvgIpc) is 3.39. The largest absolute Gasteiger partial charge is 0.369 e. The number of nitrogens with zero attached hydrogens (tertiary/aromatic N) is 4. The predicted molar refractivity (Wildman–Crippen MR) is 127 cm³/mol. The van der Waals surface area contributed by atoms with E-state index in [-0.39, 0.29) is 35.5 Å². The number of nitrogens with one attached hydrogen (secondary N) is 2. The molecule has 0 spiro atoms. The molecule has 8 nitrogen and oxygen atoms in total. The van der Waals surface area contributed by atoms with Crippen molar-refractivity contribution >= 4 is 29.0 Å². The van der Waals surface area contributed by atoms with Gasteiger partial charge in [0.2, 0.25) is 11.9 Å². The van der Waals surface area contributed by atoms with Gasteiger partial charge in [0, 0.05) is 43.6 Å². The first kappa shape index (κ1) is 21.6. The van der Waals surface area contributed by atoms with Crippen molar-refractivity contribution in [3.05, 3.63) is 47.9 Å². The van der Waals surface area contributed by atoms with Gasteiger partial charge in [0.25, 0.3) is 0 Å². The third-order valence-electron chi connectivity index (χ3n) is 7.13. The summed E-state index contributed by atoms with van der Waals surface area (Å²) in [5, 5.41) is 6.32.